The van der Waals surface area contributed by atoms with Gasteiger partial charge >= 0.3 is 0 Å². The van der Waals surface area contributed by atoms with E-state index in [1.165, 1.54) is 16.7 Å². The molecular formula is C24H24N2. The first kappa shape index (κ1) is 17.7. The van der Waals surface area contributed by atoms with Crippen molar-refractivity contribution in [1.29, 1.82) is 0 Å². The first-order chi connectivity index (χ1) is 12.5. The molecule has 0 aliphatic rings. The Balaban J connectivity index is 1.74. The molecule has 1 aromatic heterocycles. The van der Waals surface area contributed by atoms with Gasteiger partial charge in [0.25, 0.3) is 0 Å². The van der Waals surface area contributed by atoms with Crippen molar-refractivity contribution in [3.63, 3.8) is 0 Å². The van der Waals surface area contributed by atoms with Gasteiger partial charge in [-0.15, -0.1) is 0 Å². The van der Waals surface area contributed by atoms with Crippen LogP contribution in [0.3, 0.4) is 0 Å². The van der Waals surface area contributed by atoms with E-state index in [1.807, 2.05) is 19.2 Å². The molecule has 1 N–H and O–H groups in total. The molecule has 0 unspecified atom stereocenters. The molecule has 3 rings (SSSR count). The predicted molar refractivity (Wildman–Crippen MR) is 113 cm³/mol. The van der Waals surface area contributed by atoms with Crippen LogP contribution in [-0.4, -0.2) is 4.98 Å². The number of hydrogen-bond donors (Lipinski definition) is 1. The van der Waals surface area contributed by atoms with Crippen LogP contribution in [0.4, 0.5) is 5.69 Å². The number of benzene rings is 2. The second-order valence-corrected chi connectivity index (χ2v) is 6.56. The van der Waals surface area contributed by atoms with Gasteiger partial charge in [-0.3, -0.25) is 4.98 Å². The van der Waals surface area contributed by atoms with Crippen molar-refractivity contribution >= 4 is 23.0 Å². The maximum Gasteiger partial charge on any atom is 0.0444 e. The zero-order valence-corrected chi connectivity index (χ0v) is 15.6. The number of rotatable bonds is 5. The highest BCUT2D eigenvalue weighted by Crippen LogP contribution is 2.23. The molecule has 0 amide bonds. The quantitative estimate of drug-likeness (QED) is 0.586. The molecule has 2 nitrogen and oxygen atoms in total. The minimum absolute atomic E-state index is 0.902. The second-order valence-electron chi connectivity index (χ2n) is 6.56. The average molecular weight is 340 g/mol. The van der Waals surface area contributed by atoms with E-state index in [4.69, 9.17) is 0 Å². The van der Waals surface area contributed by atoms with Gasteiger partial charge in [-0.25, -0.2) is 0 Å². The van der Waals surface area contributed by atoms with Crippen LogP contribution in [-0.2, 0) is 0 Å². The third kappa shape index (κ3) is 4.28. The molecule has 1 heterocycles. The molecule has 2 aromatic carbocycles. The molecule has 0 fully saturated rings. The molecule has 0 aliphatic carbocycles. The van der Waals surface area contributed by atoms with Crippen LogP contribution in [0.15, 0.2) is 73.4 Å². The maximum absolute atomic E-state index is 4.34. The molecule has 0 atom stereocenters. The molecule has 2 heteroatoms. The zero-order chi connectivity index (χ0) is 18.5. The standard InChI is InChI=1S/C24H24N2/c1-17-7-5-8-22(15-17)20(4)26-24-12-10-21(11-13-24)18(2)16-23-9-6-14-25-19(23)3/h5-16,26H,4H2,1-3H3/b18-16+. The SMILES string of the molecule is C=C(Nc1ccc(/C(C)=C/c2cccnc2C)cc1)c1cccc(C)c1. The third-order valence-electron chi connectivity index (χ3n) is 4.42. The second kappa shape index (κ2) is 7.83. The fourth-order valence-electron chi connectivity index (χ4n) is 2.86. The summed E-state index contributed by atoms with van der Waals surface area (Å²) in [5.41, 5.74) is 8.87. The number of aromatic nitrogens is 1. The average Bonchev–Trinajstić information content (AvgIpc) is 2.64. The van der Waals surface area contributed by atoms with Crippen molar-refractivity contribution in [2.45, 2.75) is 20.8 Å². The normalized spacial score (nSPS) is 11.3. The highest BCUT2D eigenvalue weighted by Gasteiger charge is 2.02. The van der Waals surface area contributed by atoms with Gasteiger partial charge in [-0.1, -0.05) is 48.5 Å². The monoisotopic (exact) mass is 340 g/mol. The minimum Gasteiger partial charge on any atom is -0.356 e. The molecule has 0 aliphatic heterocycles. The Labute approximate surface area is 155 Å². The molecular weight excluding hydrogens is 316 g/mol. The van der Waals surface area contributed by atoms with Gasteiger partial charge in [0, 0.05) is 23.3 Å². The largest absolute Gasteiger partial charge is 0.356 e. The van der Waals surface area contributed by atoms with E-state index in [1.54, 1.807) is 0 Å². The van der Waals surface area contributed by atoms with Crippen LogP contribution < -0.4 is 5.32 Å². The van der Waals surface area contributed by atoms with Crippen LogP contribution >= 0.6 is 0 Å². The van der Waals surface area contributed by atoms with Crippen molar-refractivity contribution < 1.29 is 0 Å². The summed E-state index contributed by atoms with van der Waals surface area (Å²) < 4.78 is 0. The number of nitrogens with one attached hydrogen (secondary N) is 1. The summed E-state index contributed by atoms with van der Waals surface area (Å²) in [5.74, 6) is 0. The van der Waals surface area contributed by atoms with Crippen LogP contribution in [0.2, 0.25) is 0 Å². The van der Waals surface area contributed by atoms with Gasteiger partial charge in [0.15, 0.2) is 0 Å². The van der Waals surface area contributed by atoms with Gasteiger partial charge in [-0.05, 0) is 73.4 Å². The van der Waals surface area contributed by atoms with Gasteiger partial charge in [0.1, 0.15) is 0 Å². The van der Waals surface area contributed by atoms with Crippen molar-refractivity contribution in [2.75, 3.05) is 5.32 Å². The van der Waals surface area contributed by atoms with E-state index < -0.39 is 0 Å². The summed E-state index contributed by atoms with van der Waals surface area (Å²) >= 11 is 0. The Bertz CT molecular complexity index is 950. The van der Waals surface area contributed by atoms with E-state index in [9.17, 15) is 0 Å². The Morgan fingerprint density at radius 1 is 0.962 bits per heavy atom. The maximum atomic E-state index is 4.34. The molecule has 26 heavy (non-hydrogen) atoms. The van der Waals surface area contributed by atoms with Gasteiger partial charge < -0.3 is 5.32 Å². The van der Waals surface area contributed by atoms with Crippen LogP contribution in [0.1, 0.15) is 34.9 Å². The fraction of sp³-hybridized carbons (Fsp3) is 0.125. The lowest BCUT2D eigenvalue weighted by Gasteiger charge is -2.11. The van der Waals surface area contributed by atoms with Gasteiger partial charge in [-0.2, -0.15) is 0 Å². The van der Waals surface area contributed by atoms with E-state index >= 15 is 0 Å². The number of pyridine rings is 1. The Kier molecular flexibility index (Phi) is 5.33. The third-order valence-corrected chi connectivity index (χ3v) is 4.42. The molecule has 0 saturated heterocycles. The lowest BCUT2D eigenvalue weighted by atomic mass is 10.0. The molecule has 0 bridgehead atoms. The van der Waals surface area contributed by atoms with Crippen molar-refractivity contribution in [1.82, 2.24) is 4.98 Å². The molecule has 0 saturated carbocycles. The molecule has 0 radical (unpaired) electrons. The number of anilines is 1. The number of hydrogen-bond acceptors (Lipinski definition) is 2. The summed E-state index contributed by atoms with van der Waals surface area (Å²) in [5, 5.41) is 3.39. The first-order valence-corrected chi connectivity index (χ1v) is 8.76. The molecule has 130 valence electrons. The lowest BCUT2D eigenvalue weighted by molar-refractivity contribution is 1.19. The first-order valence-electron chi connectivity index (χ1n) is 8.76. The highest BCUT2D eigenvalue weighted by molar-refractivity contribution is 5.82. The topological polar surface area (TPSA) is 24.9 Å². The highest BCUT2D eigenvalue weighted by atomic mass is 14.9. The van der Waals surface area contributed by atoms with Crippen LogP contribution in [0, 0.1) is 13.8 Å². The Morgan fingerprint density at radius 2 is 1.73 bits per heavy atom. The Hall–Kier alpha value is -3.13. The number of nitrogens with zero attached hydrogens (tertiary/aromatic N) is 1. The van der Waals surface area contributed by atoms with Gasteiger partial charge in [0.05, 0.1) is 0 Å². The summed E-state index contributed by atoms with van der Waals surface area (Å²) in [6.45, 7) is 10.4. The fourth-order valence-corrected chi connectivity index (χ4v) is 2.86. The van der Waals surface area contributed by atoms with Gasteiger partial charge in [0.2, 0.25) is 0 Å². The Morgan fingerprint density at radius 3 is 2.42 bits per heavy atom. The molecule has 3 aromatic rings. The summed E-state index contributed by atoms with van der Waals surface area (Å²) in [4.78, 5) is 4.34. The summed E-state index contributed by atoms with van der Waals surface area (Å²) in [6, 6.07) is 20.8. The zero-order valence-electron chi connectivity index (χ0n) is 15.6. The number of allylic oxidation sites excluding steroid dienone is 1. The minimum atomic E-state index is 0.902. The predicted octanol–water partition coefficient (Wildman–Crippen LogP) is 6.34. The smallest absolute Gasteiger partial charge is 0.0444 e. The van der Waals surface area contributed by atoms with E-state index in [-0.39, 0.29) is 0 Å². The van der Waals surface area contributed by atoms with Crippen molar-refractivity contribution in [3.8, 4) is 0 Å². The van der Waals surface area contributed by atoms with Crippen molar-refractivity contribution in [3.05, 3.63) is 101 Å². The lowest BCUT2D eigenvalue weighted by Crippen LogP contribution is -1.97. The van der Waals surface area contributed by atoms with E-state index in [2.05, 4.69) is 91.4 Å². The number of aryl methyl sites for hydroxylation is 2. The van der Waals surface area contributed by atoms with Crippen LogP contribution in [0.25, 0.3) is 17.3 Å². The molecule has 0 spiro atoms. The van der Waals surface area contributed by atoms with Crippen molar-refractivity contribution in [2.24, 2.45) is 0 Å². The summed E-state index contributed by atoms with van der Waals surface area (Å²) in [6.07, 6.45) is 4.00. The van der Waals surface area contributed by atoms with E-state index in [0.29, 0.717) is 0 Å². The van der Waals surface area contributed by atoms with E-state index in [0.717, 1.165) is 28.2 Å². The van der Waals surface area contributed by atoms with Crippen LogP contribution in [0.5, 0.6) is 0 Å². The summed E-state index contributed by atoms with van der Waals surface area (Å²) in [7, 11) is 0.